The molecule has 0 saturated carbocycles. The zero-order valence-corrected chi connectivity index (χ0v) is 30.2. The number of benzene rings is 2. The number of carbonyl (C=O) groups excluding carboxylic acids is 4. The van der Waals surface area contributed by atoms with E-state index in [9.17, 15) is 39.6 Å². The van der Waals surface area contributed by atoms with Gasteiger partial charge in [0.2, 0.25) is 0 Å². The summed E-state index contributed by atoms with van der Waals surface area (Å²) in [7, 11) is 1.43. The Morgan fingerprint density at radius 3 is 2.27 bits per heavy atom. The smallest absolute Gasteiger partial charge is 0.312 e. The lowest BCUT2D eigenvalue weighted by Gasteiger charge is -2.38. The van der Waals surface area contributed by atoms with Gasteiger partial charge in [-0.15, -0.1) is 0 Å². The number of carbonyl (C=O) groups is 4. The van der Waals surface area contributed by atoms with E-state index >= 15 is 0 Å². The van der Waals surface area contributed by atoms with Gasteiger partial charge in [-0.05, 0) is 26.0 Å². The van der Waals surface area contributed by atoms with Crippen LogP contribution < -0.4 is 10.1 Å². The number of ketones is 1. The molecule has 5 N–H and O–H groups in total. The summed E-state index contributed by atoms with van der Waals surface area (Å²) in [6.07, 6.45) is 3.98. The van der Waals surface area contributed by atoms with Crippen molar-refractivity contribution in [2.24, 2.45) is 23.7 Å². The molecule has 9 unspecified atom stereocenters. The van der Waals surface area contributed by atoms with Crippen molar-refractivity contribution in [2.75, 3.05) is 12.4 Å². The number of ether oxygens (including phenoxy) is 4. The highest BCUT2D eigenvalue weighted by Gasteiger charge is 2.49. The Hall–Kier alpha value is -4.72. The minimum Gasteiger partial charge on any atom is -0.507 e. The summed E-state index contributed by atoms with van der Waals surface area (Å²) in [6, 6.07) is 1.27. The molecule has 0 fully saturated rings. The SMILES string of the molecule is COC1C=COC2(C)Oc3c(C)c(O)c4c(O)c(c(C=O)cc4c3C2=O)NC(=O)C(C)=CC=CC(C)C(O)C(C)C(O)C(C)C(OC(C)=O)C1C. The number of methoxy groups -OCH3 is 1. The van der Waals surface area contributed by atoms with Gasteiger partial charge in [0.25, 0.3) is 11.7 Å². The van der Waals surface area contributed by atoms with Crippen LogP contribution in [0, 0.1) is 30.6 Å². The van der Waals surface area contributed by atoms with E-state index < -0.39 is 83.0 Å². The molecule has 0 spiro atoms. The van der Waals surface area contributed by atoms with E-state index in [1.54, 1.807) is 39.8 Å². The van der Waals surface area contributed by atoms with Crippen molar-refractivity contribution in [2.45, 2.75) is 85.6 Å². The number of phenolic OH excluding ortho intramolecular Hbond substituents is 2. The maximum Gasteiger partial charge on any atom is 0.312 e. The second kappa shape index (κ2) is 15.3. The topological polar surface area (TPSA) is 198 Å². The van der Waals surface area contributed by atoms with Crippen molar-refractivity contribution in [1.29, 1.82) is 0 Å². The maximum atomic E-state index is 14.0. The number of aliphatic hydroxyl groups is 2. The first-order valence-corrected chi connectivity index (χ1v) is 16.7. The average Bonchev–Trinajstić information content (AvgIpc) is 3.36. The number of nitrogens with one attached hydrogen (secondary N) is 1. The molecule has 13 nitrogen and oxygen atoms in total. The minimum atomic E-state index is -1.96. The number of hydrogen-bond donors (Lipinski definition) is 5. The summed E-state index contributed by atoms with van der Waals surface area (Å²) < 4.78 is 23.3. The number of allylic oxidation sites excluding steroid dienone is 2. The molecule has 13 heteroatoms. The molecule has 276 valence electrons. The molecule has 9 atom stereocenters. The third-order valence-corrected chi connectivity index (χ3v) is 10.0. The number of anilines is 1. The van der Waals surface area contributed by atoms with E-state index in [1.807, 2.05) is 0 Å². The fourth-order valence-corrected chi connectivity index (χ4v) is 6.77. The normalized spacial score (nSPS) is 30.5. The monoisotopic (exact) mass is 709 g/mol. The summed E-state index contributed by atoms with van der Waals surface area (Å²) in [5.41, 5.74) is -0.222. The third kappa shape index (κ3) is 7.37. The summed E-state index contributed by atoms with van der Waals surface area (Å²) in [5.74, 6) is -7.40. The van der Waals surface area contributed by atoms with Gasteiger partial charge in [-0.2, -0.15) is 0 Å². The number of aldehydes is 1. The number of rotatable bonds is 3. The minimum absolute atomic E-state index is 0.00131. The Morgan fingerprint density at radius 2 is 1.67 bits per heavy atom. The van der Waals surface area contributed by atoms with Crippen molar-refractivity contribution in [1.82, 2.24) is 0 Å². The summed E-state index contributed by atoms with van der Waals surface area (Å²) in [6.45, 7) is 12.5. The molecule has 5 rings (SSSR count). The predicted octanol–water partition coefficient (Wildman–Crippen LogP) is 4.86. The van der Waals surface area contributed by atoms with Crippen LogP contribution in [0.3, 0.4) is 0 Å². The highest BCUT2D eigenvalue weighted by atomic mass is 16.7. The molecule has 0 saturated heterocycles. The molecule has 2 aromatic carbocycles. The molecule has 5 bridgehead atoms. The molecule has 2 aromatic rings. The van der Waals surface area contributed by atoms with Crippen LogP contribution >= 0.6 is 0 Å². The Balaban J connectivity index is 1.89. The first-order chi connectivity index (χ1) is 23.9. The van der Waals surface area contributed by atoms with Crippen LogP contribution in [-0.4, -0.2) is 81.7 Å². The largest absolute Gasteiger partial charge is 0.507 e. The molecular weight excluding hydrogens is 662 g/mol. The lowest BCUT2D eigenvalue weighted by molar-refractivity contribution is -0.160. The number of esters is 1. The standard InChI is InChI=1S/C38H47NO12/c1-17-11-10-12-18(2)37(47)39-29-24(16-40)15-25-27(33(29)45)32(44)22(6)35-28(25)36(46)38(8,51-35)49-14-13-26(48-9)19(3)34(50-23(7)41)21(5)31(43)20(4)30(17)42/h10-17,19-21,26,30-31,34,42-45H,1-9H3,(H,39,47). The van der Waals surface area contributed by atoms with Crippen LogP contribution in [-0.2, 0) is 23.8 Å². The molecule has 3 aliphatic heterocycles. The molecule has 51 heavy (non-hydrogen) atoms. The second-order valence-electron chi connectivity index (χ2n) is 13.6. The number of Topliss-reactive ketones (excluding diaryl/α,β-unsaturated/α-hetero) is 1. The first kappa shape index (κ1) is 39.1. The molecule has 0 radical (unpaired) electrons. The van der Waals surface area contributed by atoms with Gasteiger partial charge in [-0.1, -0.05) is 45.9 Å². The molecule has 3 heterocycles. The second-order valence-corrected chi connectivity index (χ2v) is 13.6. The van der Waals surface area contributed by atoms with Crippen molar-refractivity contribution in [3.05, 3.63) is 58.9 Å². The van der Waals surface area contributed by atoms with Gasteiger partial charge in [-0.3, -0.25) is 19.2 Å². The van der Waals surface area contributed by atoms with Gasteiger partial charge < -0.3 is 44.7 Å². The van der Waals surface area contributed by atoms with E-state index in [0.29, 0.717) is 6.29 Å². The number of fused-ring (bicyclic) bond motifs is 14. The lowest BCUT2D eigenvalue weighted by Crippen LogP contribution is -2.46. The third-order valence-electron chi connectivity index (χ3n) is 10.0. The summed E-state index contributed by atoms with van der Waals surface area (Å²) >= 11 is 0. The zero-order valence-electron chi connectivity index (χ0n) is 30.2. The highest BCUT2D eigenvalue weighted by Crippen LogP contribution is 2.51. The zero-order chi connectivity index (χ0) is 38.1. The van der Waals surface area contributed by atoms with Crippen molar-refractivity contribution in [3.8, 4) is 17.2 Å². The molecular formula is C38H47NO12. The summed E-state index contributed by atoms with van der Waals surface area (Å²) in [5, 5.41) is 47.6. The Kier molecular flexibility index (Phi) is 11.7. The molecule has 1 amide bonds. The van der Waals surface area contributed by atoms with E-state index in [0.717, 1.165) is 0 Å². The van der Waals surface area contributed by atoms with Gasteiger partial charge in [-0.25, -0.2) is 0 Å². The van der Waals surface area contributed by atoms with Crippen LogP contribution in [0.25, 0.3) is 10.8 Å². The van der Waals surface area contributed by atoms with E-state index in [1.165, 1.54) is 59.3 Å². The van der Waals surface area contributed by atoms with Gasteiger partial charge in [0.1, 0.15) is 17.6 Å². The van der Waals surface area contributed by atoms with Gasteiger partial charge in [0.15, 0.2) is 12.0 Å². The molecule has 0 aromatic heterocycles. The maximum absolute atomic E-state index is 14.0. The van der Waals surface area contributed by atoms with Crippen LogP contribution in [0.4, 0.5) is 5.69 Å². The number of amides is 1. The number of aliphatic hydroxyl groups excluding tert-OH is 2. The van der Waals surface area contributed by atoms with E-state index in [-0.39, 0.29) is 44.5 Å². The number of hydrogen-bond acceptors (Lipinski definition) is 12. The van der Waals surface area contributed by atoms with Crippen molar-refractivity contribution in [3.63, 3.8) is 0 Å². The Morgan fingerprint density at radius 1 is 1.00 bits per heavy atom. The Labute approximate surface area is 296 Å². The molecule has 0 aliphatic carbocycles. The number of aromatic hydroxyl groups is 2. The van der Waals surface area contributed by atoms with E-state index in [2.05, 4.69) is 5.32 Å². The van der Waals surface area contributed by atoms with Crippen LogP contribution in [0.1, 0.15) is 74.7 Å². The van der Waals surface area contributed by atoms with Crippen LogP contribution in [0.15, 0.2) is 42.2 Å². The molecule has 3 aliphatic rings. The fraction of sp³-hybridized carbons (Fsp3) is 0.474. The quantitative estimate of drug-likeness (QED) is 0.165. The van der Waals surface area contributed by atoms with Crippen molar-refractivity contribution < 1.29 is 58.6 Å². The number of phenols is 2. The first-order valence-electron chi connectivity index (χ1n) is 16.7. The lowest BCUT2D eigenvalue weighted by atomic mass is 9.78. The summed E-state index contributed by atoms with van der Waals surface area (Å²) in [4.78, 5) is 51.7. The van der Waals surface area contributed by atoms with Crippen LogP contribution in [0.2, 0.25) is 0 Å². The average molecular weight is 710 g/mol. The van der Waals surface area contributed by atoms with E-state index in [4.69, 9.17) is 18.9 Å². The Bertz CT molecular complexity index is 1810. The predicted molar refractivity (Wildman–Crippen MR) is 188 cm³/mol. The van der Waals surface area contributed by atoms with Gasteiger partial charge >= 0.3 is 11.8 Å². The van der Waals surface area contributed by atoms with Gasteiger partial charge in [0.05, 0.1) is 41.2 Å². The fourth-order valence-electron chi connectivity index (χ4n) is 6.77. The van der Waals surface area contributed by atoms with Gasteiger partial charge in [0, 0.05) is 66.7 Å². The van der Waals surface area contributed by atoms with Crippen LogP contribution in [0.5, 0.6) is 17.2 Å². The van der Waals surface area contributed by atoms with Crippen molar-refractivity contribution >= 4 is 40.4 Å². The highest BCUT2D eigenvalue weighted by molar-refractivity contribution is 6.21.